The number of hydrogen-bond acceptors (Lipinski definition) is 4. The molecule has 0 saturated carbocycles. The summed E-state index contributed by atoms with van der Waals surface area (Å²) < 4.78 is 7.38. The minimum Gasteiger partial charge on any atom is -0.448 e. The summed E-state index contributed by atoms with van der Waals surface area (Å²) in [6, 6.07) is 3.55. The van der Waals surface area contributed by atoms with Crippen LogP contribution in [-0.4, -0.2) is 21.5 Å². The normalized spacial score (nSPS) is 12.8. The Morgan fingerprint density at radius 1 is 1.44 bits per heavy atom. The number of rotatable bonds is 6. The predicted octanol–water partition coefficient (Wildman–Crippen LogP) is 2.63. The molecule has 6 heteroatoms. The Bertz CT molecular complexity index is 494. The van der Waals surface area contributed by atoms with Crippen LogP contribution >= 0.6 is 11.6 Å². The van der Waals surface area contributed by atoms with Crippen LogP contribution in [0, 0.1) is 0 Å². The Balaban J connectivity index is 2.31. The average molecular weight is 269 g/mol. The van der Waals surface area contributed by atoms with Gasteiger partial charge < -0.3 is 9.73 Å². The van der Waals surface area contributed by atoms with Gasteiger partial charge in [-0.3, -0.25) is 0 Å². The van der Waals surface area contributed by atoms with Crippen molar-refractivity contribution in [1.82, 2.24) is 20.3 Å². The molecule has 98 valence electrons. The zero-order chi connectivity index (χ0) is 13.0. The second kappa shape index (κ2) is 6.02. The minimum atomic E-state index is -0.0657. The van der Waals surface area contributed by atoms with Gasteiger partial charge in [-0.05, 0) is 36.7 Å². The van der Waals surface area contributed by atoms with Crippen molar-refractivity contribution in [2.45, 2.75) is 32.9 Å². The first-order valence-electron chi connectivity index (χ1n) is 6.13. The third kappa shape index (κ3) is 2.73. The first-order valence-corrected chi connectivity index (χ1v) is 6.51. The van der Waals surface area contributed by atoms with Crippen LogP contribution in [0.15, 0.2) is 22.7 Å². The van der Waals surface area contributed by atoms with Crippen molar-refractivity contribution >= 4 is 11.6 Å². The van der Waals surface area contributed by atoms with Crippen LogP contribution in [0.2, 0.25) is 5.22 Å². The zero-order valence-corrected chi connectivity index (χ0v) is 11.3. The predicted molar refractivity (Wildman–Crippen MR) is 69.6 cm³/mol. The van der Waals surface area contributed by atoms with E-state index in [1.807, 2.05) is 17.7 Å². The maximum atomic E-state index is 5.83. The molecule has 2 rings (SSSR count). The Labute approximate surface area is 111 Å². The van der Waals surface area contributed by atoms with Crippen molar-refractivity contribution < 1.29 is 4.42 Å². The van der Waals surface area contributed by atoms with E-state index in [-0.39, 0.29) is 6.04 Å². The summed E-state index contributed by atoms with van der Waals surface area (Å²) in [6.45, 7) is 5.81. The first-order chi connectivity index (χ1) is 8.76. The van der Waals surface area contributed by atoms with Crippen LogP contribution in [0.1, 0.15) is 37.8 Å². The molecule has 2 aromatic rings. The lowest BCUT2D eigenvalue weighted by Gasteiger charge is -2.16. The van der Waals surface area contributed by atoms with Crippen LogP contribution in [0.3, 0.4) is 0 Å². The molecule has 0 amide bonds. The molecule has 0 radical (unpaired) electrons. The summed E-state index contributed by atoms with van der Waals surface area (Å²) in [5.74, 6) is 0.779. The van der Waals surface area contributed by atoms with Crippen molar-refractivity contribution in [2.24, 2.45) is 0 Å². The van der Waals surface area contributed by atoms with E-state index < -0.39 is 0 Å². The van der Waals surface area contributed by atoms with Crippen LogP contribution in [0.25, 0.3) is 0 Å². The number of aryl methyl sites for hydroxylation is 1. The molecular weight excluding hydrogens is 252 g/mol. The highest BCUT2D eigenvalue weighted by atomic mass is 35.5. The molecule has 1 unspecified atom stereocenters. The number of halogens is 1. The van der Waals surface area contributed by atoms with Gasteiger partial charge in [-0.2, -0.15) is 0 Å². The van der Waals surface area contributed by atoms with E-state index >= 15 is 0 Å². The zero-order valence-electron chi connectivity index (χ0n) is 10.6. The van der Waals surface area contributed by atoms with Crippen LogP contribution in [-0.2, 0) is 6.54 Å². The van der Waals surface area contributed by atoms with Crippen LogP contribution < -0.4 is 5.32 Å². The van der Waals surface area contributed by atoms with Crippen molar-refractivity contribution in [3.05, 3.63) is 35.0 Å². The monoisotopic (exact) mass is 268 g/mol. The first kappa shape index (κ1) is 13.1. The largest absolute Gasteiger partial charge is 0.448 e. The summed E-state index contributed by atoms with van der Waals surface area (Å²) in [7, 11) is 0. The van der Waals surface area contributed by atoms with Crippen molar-refractivity contribution in [2.75, 3.05) is 6.54 Å². The molecule has 1 N–H and O–H groups in total. The van der Waals surface area contributed by atoms with E-state index in [9.17, 15) is 0 Å². The molecule has 0 saturated heterocycles. The Hall–Kier alpha value is -1.33. The van der Waals surface area contributed by atoms with Gasteiger partial charge in [-0.1, -0.05) is 19.1 Å². The van der Waals surface area contributed by atoms with Gasteiger partial charge >= 0.3 is 0 Å². The van der Waals surface area contributed by atoms with E-state index in [1.54, 1.807) is 12.3 Å². The standard InChI is InChI=1S/C12H17ClN4O/c1-3-7-17-9(8-15-16-17)12(14-4-2)10-5-6-11(13)18-10/h5-6,8,12,14H,3-4,7H2,1-2H3. The fourth-order valence-electron chi connectivity index (χ4n) is 1.91. The third-order valence-corrected chi connectivity index (χ3v) is 2.87. The molecule has 2 aromatic heterocycles. The second-order valence-corrected chi connectivity index (χ2v) is 4.39. The molecule has 18 heavy (non-hydrogen) atoms. The molecule has 2 heterocycles. The Kier molecular flexibility index (Phi) is 4.38. The van der Waals surface area contributed by atoms with Gasteiger partial charge in [0.2, 0.25) is 0 Å². The molecule has 0 aliphatic rings. The lowest BCUT2D eigenvalue weighted by molar-refractivity contribution is 0.428. The van der Waals surface area contributed by atoms with Crippen molar-refractivity contribution in [3.63, 3.8) is 0 Å². The molecule has 0 aliphatic carbocycles. The number of furan rings is 1. The SMILES string of the molecule is CCCn1nncc1C(NCC)c1ccc(Cl)o1. The summed E-state index contributed by atoms with van der Waals surface area (Å²) in [5, 5.41) is 11.8. The molecule has 1 atom stereocenters. The molecule has 0 aliphatic heterocycles. The minimum absolute atomic E-state index is 0.0657. The molecule has 0 spiro atoms. The van der Waals surface area contributed by atoms with Crippen LogP contribution in [0.4, 0.5) is 0 Å². The number of nitrogens with zero attached hydrogens (tertiary/aromatic N) is 3. The summed E-state index contributed by atoms with van der Waals surface area (Å²) in [6.07, 6.45) is 2.77. The van der Waals surface area contributed by atoms with E-state index in [2.05, 4.69) is 22.6 Å². The van der Waals surface area contributed by atoms with Gasteiger partial charge in [0.05, 0.1) is 11.9 Å². The fraction of sp³-hybridized carbons (Fsp3) is 0.500. The van der Waals surface area contributed by atoms with Crippen molar-refractivity contribution in [3.8, 4) is 0 Å². The van der Waals surface area contributed by atoms with Gasteiger partial charge in [-0.25, -0.2) is 4.68 Å². The lowest BCUT2D eigenvalue weighted by Crippen LogP contribution is -2.24. The van der Waals surface area contributed by atoms with Gasteiger partial charge in [0, 0.05) is 6.54 Å². The van der Waals surface area contributed by atoms with E-state index in [4.69, 9.17) is 16.0 Å². The highest BCUT2D eigenvalue weighted by molar-refractivity contribution is 6.28. The highest BCUT2D eigenvalue weighted by Crippen LogP contribution is 2.25. The van der Waals surface area contributed by atoms with Gasteiger partial charge in [0.15, 0.2) is 5.22 Å². The van der Waals surface area contributed by atoms with Gasteiger partial charge in [0.1, 0.15) is 11.8 Å². The number of nitrogens with one attached hydrogen (secondary N) is 1. The topological polar surface area (TPSA) is 55.9 Å². The maximum absolute atomic E-state index is 5.83. The molecule has 0 bridgehead atoms. The summed E-state index contributed by atoms with van der Waals surface area (Å²) in [4.78, 5) is 0. The average Bonchev–Trinajstić information content (AvgIpc) is 2.96. The fourth-order valence-corrected chi connectivity index (χ4v) is 2.07. The maximum Gasteiger partial charge on any atom is 0.193 e. The summed E-state index contributed by atoms with van der Waals surface area (Å²) in [5.41, 5.74) is 0.990. The lowest BCUT2D eigenvalue weighted by atomic mass is 10.1. The second-order valence-electron chi connectivity index (χ2n) is 4.01. The van der Waals surface area contributed by atoms with E-state index in [1.165, 1.54) is 0 Å². The number of aromatic nitrogens is 3. The highest BCUT2D eigenvalue weighted by Gasteiger charge is 2.21. The smallest absolute Gasteiger partial charge is 0.193 e. The third-order valence-electron chi connectivity index (χ3n) is 2.67. The molecule has 0 aromatic carbocycles. The quantitative estimate of drug-likeness (QED) is 0.875. The molecule has 5 nitrogen and oxygen atoms in total. The van der Waals surface area contributed by atoms with Gasteiger partial charge in [0.25, 0.3) is 0 Å². The van der Waals surface area contributed by atoms with Crippen LogP contribution in [0.5, 0.6) is 0 Å². The Morgan fingerprint density at radius 2 is 2.28 bits per heavy atom. The van der Waals surface area contributed by atoms with Crippen molar-refractivity contribution in [1.29, 1.82) is 0 Å². The Morgan fingerprint density at radius 3 is 2.89 bits per heavy atom. The molecule has 0 fully saturated rings. The van der Waals surface area contributed by atoms with Gasteiger partial charge in [-0.15, -0.1) is 5.10 Å². The molecular formula is C12H17ClN4O. The van der Waals surface area contributed by atoms with E-state index in [0.29, 0.717) is 5.22 Å². The van der Waals surface area contributed by atoms with E-state index in [0.717, 1.165) is 31.0 Å². The number of hydrogen-bond donors (Lipinski definition) is 1. The summed E-state index contributed by atoms with van der Waals surface area (Å²) >= 11 is 5.83.